The molecule has 0 aliphatic heterocycles. The van der Waals surface area contributed by atoms with Crippen molar-refractivity contribution in [2.45, 2.75) is 65.4 Å². The van der Waals surface area contributed by atoms with E-state index in [4.69, 9.17) is 5.11 Å². The maximum absolute atomic E-state index is 12.0. The van der Waals surface area contributed by atoms with Crippen LogP contribution in [0.25, 0.3) is 0 Å². The lowest BCUT2D eigenvalue weighted by molar-refractivity contribution is -0.164. The van der Waals surface area contributed by atoms with Gasteiger partial charge in [-0.15, -0.1) is 0 Å². The van der Waals surface area contributed by atoms with E-state index >= 15 is 0 Å². The van der Waals surface area contributed by atoms with Crippen molar-refractivity contribution in [3.63, 3.8) is 0 Å². The molecule has 3 N–H and O–H groups in total. The lowest BCUT2D eigenvalue weighted by Gasteiger charge is -2.57. The summed E-state index contributed by atoms with van der Waals surface area (Å²) in [4.78, 5) is 12.0. The lowest BCUT2D eigenvalue weighted by Crippen LogP contribution is -2.53. The number of aliphatic hydroxyl groups excluding tert-OH is 2. The van der Waals surface area contributed by atoms with Crippen molar-refractivity contribution in [2.75, 3.05) is 6.61 Å². The van der Waals surface area contributed by atoms with Gasteiger partial charge < -0.3 is 15.3 Å². The van der Waals surface area contributed by atoms with Crippen LogP contribution < -0.4 is 0 Å². The Morgan fingerprint density at radius 2 is 2.08 bits per heavy atom. The molecule has 0 aromatic carbocycles. The standard InChI is InChI=1S/C20H32O4/c1-13-7-9-17-19(3,10-5-11-20(17,4)18(23)24)15(13)8-6-14(2)16(22)12-21/h6,15-17,21-22H,1,5,7-12H2,2-4H3,(H,23,24)/b14-6+/t15-,16+,17+,19+,20-/m0/s1. The monoisotopic (exact) mass is 336 g/mol. The van der Waals surface area contributed by atoms with Gasteiger partial charge in [-0.1, -0.05) is 31.6 Å². The molecule has 5 atom stereocenters. The smallest absolute Gasteiger partial charge is 0.309 e. The summed E-state index contributed by atoms with van der Waals surface area (Å²) in [6.07, 6.45) is 6.42. The number of hydrogen-bond acceptors (Lipinski definition) is 3. The van der Waals surface area contributed by atoms with E-state index in [9.17, 15) is 15.0 Å². The van der Waals surface area contributed by atoms with Gasteiger partial charge in [0, 0.05) is 0 Å². The van der Waals surface area contributed by atoms with Crippen LogP contribution in [0.3, 0.4) is 0 Å². The molecule has 24 heavy (non-hydrogen) atoms. The number of carboxylic acid groups (broad SMARTS) is 1. The topological polar surface area (TPSA) is 77.8 Å². The molecule has 0 heterocycles. The Hall–Kier alpha value is -1.13. The Balaban J connectivity index is 2.30. The molecule has 2 saturated carbocycles. The molecule has 4 heteroatoms. The quantitative estimate of drug-likeness (QED) is 0.671. The van der Waals surface area contributed by atoms with E-state index in [1.54, 1.807) is 0 Å². The molecule has 2 fully saturated rings. The fraction of sp³-hybridized carbons (Fsp3) is 0.750. The van der Waals surface area contributed by atoms with Crippen LogP contribution in [0.2, 0.25) is 0 Å². The minimum absolute atomic E-state index is 0.0678. The molecule has 2 rings (SSSR count). The first-order valence-corrected chi connectivity index (χ1v) is 9.03. The zero-order valence-corrected chi connectivity index (χ0v) is 15.2. The normalized spacial score (nSPS) is 38.5. The van der Waals surface area contributed by atoms with Crippen LogP contribution in [-0.4, -0.2) is 34.0 Å². The molecule has 0 bridgehead atoms. The second-order valence-electron chi connectivity index (χ2n) is 8.27. The molecule has 0 amide bonds. The number of aliphatic hydroxyl groups is 2. The Morgan fingerprint density at radius 3 is 2.67 bits per heavy atom. The summed E-state index contributed by atoms with van der Waals surface area (Å²) in [5.41, 5.74) is 1.25. The van der Waals surface area contributed by atoms with Crippen molar-refractivity contribution in [1.82, 2.24) is 0 Å². The Kier molecular flexibility index (Phi) is 5.61. The van der Waals surface area contributed by atoms with Crippen LogP contribution in [0.15, 0.2) is 23.8 Å². The molecule has 0 aromatic heterocycles. The van der Waals surface area contributed by atoms with E-state index in [1.807, 2.05) is 19.9 Å². The molecular formula is C20H32O4. The van der Waals surface area contributed by atoms with Crippen LogP contribution in [-0.2, 0) is 4.79 Å². The highest BCUT2D eigenvalue weighted by atomic mass is 16.4. The molecular weight excluding hydrogens is 304 g/mol. The van der Waals surface area contributed by atoms with Crippen molar-refractivity contribution in [3.8, 4) is 0 Å². The number of allylic oxidation sites excluding steroid dienone is 2. The predicted octanol–water partition coefficient (Wildman–Crippen LogP) is 3.54. The molecule has 0 aromatic rings. The molecule has 0 saturated heterocycles. The third-order valence-electron chi connectivity index (χ3n) is 6.88. The van der Waals surface area contributed by atoms with Gasteiger partial charge in [-0.3, -0.25) is 4.79 Å². The summed E-state index contributed by atoms with van der Waals surface area (Å²) in [7, 11) is 0. The number of rotatable bonds is 5. The first kappa shape index (κ1) is 19.2. The first-order chi connectivity index (χ1) is 11.2. The van der Waals surface area contributed by atoms with Gasteiger partial charge in [0.05, 0.1) is 18.1 Å². The van der Waals surface area contributed by atoms with Crippen molar-refractivity contribution >= 4 is 5.97 Å². The molecule has 0 spiro atoms. The minimum Gasteiger partial charge on any atom is -0.481 e. The average molecular weight is 336 g/mol. The van der Waals surface area contributed by atoms with Gasteiger partial charge in [0.15, 0.2) is 0 Å². The Bertz CT molecular complexity index is 538. The van der Waals surface area contributed by atoms with E-state index in [2.05, 4.69) is 13.5 Å². The number of carbonyl (C=O) groups is 1. The van der Waals surface area contributed by atoms with Gasteiger partial charge >= 0.3 is 5.97 Å². The number of aliphatic carboxylic acids is 1. The summed E-state index contributed by atoms with van der Waals surface area (Å²) in [6, 6.07) is 0. The second kappa shape index (κ2) is 7.01. The van der Waals surface area contributed by atoms with Crippen molar-refractivity contribution in [1.29, 1.82) is 0 Å². The lowest BCUT2D eigenvalue weighted by atomic mass is 9.46. The maximum atomic E-state index is 12.0. The van der Waals surface area contributed by atoms with Crippen molar-refractivity contribution in [3.05, 3.63) is 23.8 Å². The fourth-order valence-corrected chi connectivity index (χ4v) is 5.22. The SMILES string of the molecule is C=C1CC[C@@H]2[C@](C)(CCC[C@]2(C)C(=O)O)[C@H]1C/C=C(\C)[C@H](O)CO. The van der Waals surface area contributed by atoms with E-state index in [-0.39, 0.29) is 23.9 Å². The molecule has 0 radical (unpaired) electrons. The summed E-state index contributed by atoms with van der Waals surface area (Å²) in [5.74, 6) is -0.286. The molecule has 4 nitrogen and oxygen atoms in total. The highest BCUT2D eigenvalue weighted by Crippen LogP contribution is 2.61. The van der Waals surface area contributed by atoms with E-state index in [0.29, 0.717) is 0 Å². The largest absolute Gasteiger partial charge is 0.481 e. The highest BCUT2D eigenvalue weighted by Gasteiger charge is 2.57. The molecule has 0 unspecified atom stereocenters. The van der Waals surface area contributed by atoms with E-state index < -0.39 is 17.5 Å². The Morgan fingerprint density at radius 1 is 1.42 bits per heavy atom. The zero-order chi connectivity index (χ0) is 18.1. The van der Waals surface area contributed by atoms with Gasteiger partial charge in [0.1, 0.15) is 0 Å². The van der Waals surface area contributed by atoms with Gasteiger partial charge in [0.2, 0.25) is 0 Å². The third-order valence-corrected chi connectivity index (χ3v) is 6.88. The second-order valence-corrected chi connectivity index (χ2v) is 8.27. The van der Waals surface area contributed by atoms with E-state index in [1.165, 1.54) is 5.57 Å². The predicted molar refractivity (Wildman–Crippen MR) is 94.5 cm³/mol. The van der Waals surface area contributed by atoms with Crippen LogP contribution in [0.1, 0.15) is 59.3 Å². The van der Waals surface area contributed by atoms with Gasteiger partial charge in [0.25, 0.3) is 0 Å². The number of carboxylic acids is 1. The summed E-state index contributed by atoms with van der Waals surface area (Å²) < 4.78 is 0. The summed E-state index contributed by atoms with van der Waals surface area (Å²) >= 11 is 0. The number of fused-ring (bicyclic) bond motifs is 1. The zero-order valence-electron chi connectivity index (χ0n) is 15.2. The first-order valence-electron chi connectivity index (χ1n) is 9.03. The summed E-state index contributed by atoms with van der Waals surface area (Å²) in [5, 5.41) is 28.7. The molecule has 2 aliphatic rings. The van der Waals surface area contributed by atoms with E-state index in [0.717, 1.165) is 44.1 Å². The van der Waals surface area contributed by atoms with Gasteiger partial charge in [-0.25, -0.2) is 0 Å². The minimum atomic E-state index is -0.818. The van der Waals surface area contributed by atoms with Gasteiger partial charge in [-0.05, 0) is 68.8 Å². The highest BCUT2D eigenvalue weighted by molar-refractivity contribution is 5.75. The molecule has 2 aliphatic carbocycles. The van der Waals surface area contributed by atoms with Crippen molar-refractivity contribution in [2.24, 2.45) is 22.7 Å². The van der Waals surface area contributed by atoms with Crippen LogP contribution in [0.4, 0.5) is 0 Å². The maximum Gasteiger partial charge on any atom is 0.309 e. The van der Waals surface area contributed by atoms with Crippen LogP contribution >= 0.6 is 0 Å². The fourth-order valence-electron chi connectivity index (χ4n) is 5.22. The average Bonchev–Trinajstić information content (AvgIpc) is 2.52. The van der Waals surface area contributed by atoms with Crippen molar-refractivity contribution < 1.29 is 20.1 Å². The third kappa shape index (κ3) is 3.18. The van der Waals surface area contributed by atoms with Crippen LogP contribution in [0.5, 0.6) is 0 Å². The summed E-state index contributed by atoms with van der Waals surface area (Å²) in [6.45, 7) is 9.98. The Labute approximate surface area is 145 Å². The van der Waals surface area contributed by atoms with Gasteiger partial charge in [-0.2, -0.15) is 0 Å². The molecule has 136 valence electrons. The van der Waals surface area contributed by atoms with Crippen LogP contribution in [0, 0.1) is 22.7 Å². The number of hydrogen-bond donors (Lipinski definition) is 3.